The second-order valence-corrected chi connectivity index (χ2v) is 2.98. The predicted molar refractivity (Wildman–Crippen MR) is 60.8 cm³/mol. The number of nitrogen functional groups attached to an aromatic ring is 1. The third-order valence-corrected chi connectivity index (χ3v) is 1.87. The van der Waals surface area contributed by atoms with Gasteiger partial charge < -0.3 is 15.6 Å². The molecule has 4 nitrogen and oxygen atoms in total. The van der Waals surface area contributed by atoms with Gasteiger partial charge in [0.25, 0.3) is 0 Å². The quantitative estimate of drug-likeness (QED) is 0.438. The Bertz CT molecular complexity index is 443. The number of nitrogens with two attached hydrogens (primary N) is 1. The van der Waals surface area contributed by atoms with Crippen molar-refractivity contribution in [3.63, 3.8) is 0 Å². The van der Waals surface area contributed by atoms with E-state index in [1.807, 2.05) is 0 Å². The Balaban J connectivity index is 3.02. The molecule has 4 heteroatoms. The zero-order chi connectivity index (χ0) is 12.0. The number of anilines is 1. The Kier molecular flexibility index (Phi) is 4.37. The van der Waals surface area contributed by atoms with E-state index in [0.29, 0.717) is 23.4 Å². The van der Waals surface area contributed by atoms with Crippen LogP contribution in [0.4, 0.5) is 5.69 Å². The summed E-state index contributed by atoms with van der Waals surface area (Å²) in [5, 5.41) is 8.58. The normalized spacial score (nSPS) is 9.12. The van der Waals surface area contributed by atoms with Crippen molar-refractivity contribution in [3.8, 4) is 11.8 Å². The van der Waals surface area contributed by atoms with Gasteiger partial charge in [0.15, 0.2) is 0 Å². The first-order chi connectivity index (χ1) is 7.69. The van der Waals surface area contributed by atoms with Crippen LogP contribution in [0.15, 0.2) is 18.2 Å². The van der Waals surface area contributed by atoms with Crippen molar-refractivity contribution in [2.24, 2.45) is 0 Å². The molecule has 3 N–H and O–H groups in total. The lowest BCUT2D eigenvalue weighted by molar-refractivity contribution is 0.0526. The molecule has 1 aromatic carbocycles. The van der Waals surface area contributed by atoms with E-state index in [4.69, 9.17) is 15.6 Å². The van der Waals surface area contributed by atoms with Gasteiger partial charge in [0, 0.05) is 11.3 Å². The summed E-state index contributed by atoms with van der Waals surface area (Å²) in [6.07, 6.45) is 0. The molecule has 0 heterocycles. The van der Waals surface area contributed by atoms with Crippen LogP contribution >= 0.6 is 0 Å². The summed E-state index contributed by atoms with van der Waals surface area (Å²) in [7, 11) is 0. The van der Waals surface area contributed by atoms with Crippen molar-refractivity contribution in [3.05, 3.63) is 29.3 Å². The molecule has 0 aliphatic carbocycles. The fraction of sp³-hybridized carbons (Fsp3) is 0.250. The number of rotatable bonds is 2. The van der Waals surface area contributed by atoms with Crippen molar-refractivity contribution >= 4 is 11.7 Å². The highest BCUT2D eigenvalue weighted by molar-refractivity contribution is 5.90. The van der Waals surface area contributed by atoms with Gasteiger partial charge in [0.2, 0.25) is 0 Å². The molecule has 1 aromatic rings. The molecule has 16 heavy (non-hydrogen) atoms. The van der Waals surface area contributed by atoms with Crippen LogP contribution in [-0.2, 0) is 4.74 Å². The molecular formula is C12H13NO3. The van der Waals surface area contributed by atoms with E-state index >= 15 is 0 Å². The number of carbonyl (C=O) groups excluding carboxylic acids is 1. The molecule has 0 unspecified atom stereocenters. The number of aliphatic hydroxyl groups is 1. The molecule has 0 aliphatic heterocycles. The van der Waals surface area contributed by atoms with Gasteiger partial charge in [-0.05, 0) is 25.1 Å². The van der Waals surface area contributed by atoms with Crippen molar-refractivity contribution in [1.29, 1.82) is 0 Å². The maximum atomic E-state index is 11.4. The molecule has 0 atom stereocenters. The minimum absolute atomic E-state index is 0.247. The first-order valence-corrected chi connectivity index (χ1v) is 4.85. The van der Waals surface area contributed by atoms with Crippen LogP contribution in [0, 0.1) is 11.8 Å². The number of benzene rings is 1. The molecule has 0 fully saturated rings. The molecule has 0 spiro atoms. The predicted octanol–water partition coefficient (Wildman–Crippen LogP) is 0.789. The molecule has 0 aromatic heterocycles. The summed E-state index contributed by atoms with van der Waals surface area (Å²) in [6, 6.07) is 4.72. The summed E-state index contributed by atoms with van der Waals surface area (Å²) in [4.78, 5) is 11.4. The number of carbonyl (C=O) groups is 1. The summed E-state index contributed by atoms with van der Waals surface area (Å²) in [5.74, 6) is 4.74. The second kappa shape index (κ2) is 5.79. The summed E-state index contributed by atoms with van der Waals surface area (Å²) in [5.41, 5.74) is 7.05. The van der Waals surface area contributed by atoms with Crippen LogP contribution in [0.3, 0.4) is 0 Å². The Hall–Kier alpha value is -1.99. The smallest absolute Gasteiger partial charge is 0.338 e. The lowest BCUT2D eigenvalue weighted by Gasteiger charge is -2.03. The lowest BCUT2D eigenvalue weighted by Crippen LogP contribution is -2.05. The zero-order valence-electron chi connectivity index (χ0n) is 8.99. The van der Waals surface area contributed by atoms with E-state index in [0.717, 1.165) is 0 Å². The van der Waals surface area contributed by atoms with Gasteiger partial charge in [0.1, 0.15) is 6.61 Å². The maximum absolute atomic E-state index is 11.4. The third kappa shape index (κ3) is 3.01. The second-order valence-electron chi connectivity index (χ2n) is 2.98. The molecule has 84 valence electrons. The van der Waals surface area contributed by atoms with Crippen LogP contribution in [0.2, 0.25) is 0 Å². The van der Waals surface area contributed by atoms with Gasteiger partial charge in [-0.3, -0.25) is 0 Å². The van der Waals surface area contributed by atoms with Crippen LogP contribution in [-0.4, -0.2) is 24.3 Å². The molecule has 0 aliphatic rings. The fourth-order valence-electron chi connectivity index (χ4n) is 1.14. The highest BCUT2D eigenvalue weighted by atomic mass is 16.5. The van der Waals surface area contributed by atoms with Crippen molar-refractivity contribution in [2.45, 2.75) is 6.92 Å². The first kappa shape index (κ1) is 12.1. The summed E-state index contributed by atoms with van der Waals surface area (Å²) in [6.45, 7) is 1.81. The zero-order valence-corrected chi connectivity index (χ0v) is 8.99. The van der Waals surface area contributed by atoms with Crippen LogP contribution in [0.5, 0.6) is 0 Å². The van der Waals surface area contributed by atoms with Gasteiger partial charge in [0.05, 0.1) is 12.2 Å². The van der Waals surface area contributed by atoms with Gasteiger partial charge in [-0.2, -0.15) is 0 Å². The van der Waals surface area contributed by atoms with E-state index in [-0.39, 0.29) is 6.61 Å². The Labute approximate surface area is 94.0 Å². The Morgan fingerprint density at radius 1 is 1.56 bits per heavy atom. The number of esters is 1. The highest BCUT2D eigenvalue weighted by Gasteiger charge is 2.07. The van der Waals surface area contributed by atoms with E-state index in [2.05, 4.69) is 11.8 Å². The molecule has 0 saturated heterocycles. The van der Waals surface area contributed by atoms with Crippen molar-refractivity contribution < 1.29 is 14.6 Å². The third-order valence-electron chi connectivity index (χ3n) is 1.87. The first-order valence-electron chi connectivity index (χ1n) is 4.85. The van der Waals surface area contributed by atoms with Crippen LogP contribution in [0.1, 0.15) is 22.8 Å². The van der Waals surface area contributed by atoms with Crippen LogP contribution in [0.25, 0.3) is 0 Å². The Morgan fingerprint density at radius 3 is 2.94 bits per heavy atom. The fourth-order valence-corrected chi connectivity index (χ4v) is 1.14. The van der Waals surface area contributed by atoms with Crippen molar-refractivity contribution in [1.82, 2.24) is 0 Å². The van der Waals surface area contributed by atoms with Crippen LogP contribution < -0.4 is 5.73 Å². The molecule has 0 saturated carbocycles. The maximum Gasteiger partial charge on any atom is 0.338 e. The number of hydrogen-bond donors (Lipinski definition) is 2. The van der Waals surface area contributed by atoms with Crippen molar-refractivity contribution in [2.75, 3.05) is 18.9 Å². The lowest BCUT2D eigenvalue weighted by atomic mass is 10.1. The van der Waals surface area contributed by atoms with Gasteiger partial charge in [-0.25, -0.2) is 4.79 Å². The van der Waals surface area contributed by atoms with Gasteiger partial charge >= 0.3 is 5.97 Å². The van der Waals surface area contributed by atoms with Gasteiger partial charge in [-0.15, -0.1) is 0 Å². The Morgan fingerprint density at radius 2 is 2.31 bits per heavy atom. The van der Waals surface area contributed by atoms with E-state index in [1.54, 1.807) is 25.1 Å². The molecule has 0 amide bonds. The SMILES string of the molecule is CCOC(=O)c1ccc(N)c(C#CCO)c1. The monoisotopic (exact) mass is 219 g/mol. The molecule has 1 rings (SSSR count). The standard InChI is InChI=1S/C12H13NO3/c1-2-16-12(15)10-5-6-11(13)9(8-10)4-3-7-14/h5-6,8,14H,2,7,13H2,1H3. The average molecular weight is 219 g/mol. The minimum Gasteiger partial charge on any atom is -0.462 e. The summed E-state index contributed by atoms with van der Waals surface area (Å²) < 4.78 is 4.85. The van der Waals surface area contributed by atoms with Gasteiger partial charge in [-0.1, -0.05) is 11.8 Å². The largest absolute Gasteiger partial charge is 0.462 e. The highest BCUT2D eigenvalue weighted by Crippen LogP contribution is 2.13. The number of ether oxygens (including phenoxy) is 1. The topological polar surface area (TPSA) is 72.5 Å². The number of hydrogen-bond acceptors (Lipinski definition) is 4. The molecule has 0 radical (unpaired) electrons. The average Bonchev–Trinajstić information content (AvgIpc) is 2.28. The number of aliphatic hydroxyl groups excluding tert-OH is 1. The van der Waals surface area contributed by atoms with E-state index in [1.165, 1.54) is 0 Å². The summed E-state index contributed by atoms with van der Waals surface area (Å²) >= 11 is 0. The minimum atomic E-state index is -0.408. The molecule has 0 bridgehead atoms. The molecular weight excluding hydrogens is 206 g/mol. The van der Waals surface area contributed by atoms with E-state index in [9.17, 15) is 4.79 Å². The van der Waals surface area contributed by atoms with E-state index < -0.39 is 5.97 Å².